The number of fused-ring (bicyclic) bond motifs is 2. The van der Waals surface area contributed by atoms with Gasteiger partial charge in [-0.25, -0.2) is 4.98 Å². The number of hydrogen-bond acceptors (Lipinski definition) is 3. The van der Waals surface area contributed by atoms with Gasteiger partial charge in [-0.05, 0) is 25.0 Å². The first-order chi connectivity index (χ1) is 11.2. The van der Waals surface area contributed by atoms with Gasteiger partial charge in [0.25, 0.3) is 0 Å². The first-order valence-corrected chi connectivity index (χ1v) is 8.33. The predicted molar refractivity (Wildman–Crippen MR) is 83.4 cm³/mol. The van der Waals surface area contributed by atoms with Crippen molar-refractivity contribution in [3.63, 3.8) is 0 Å². The molecule has 1 saturated carbocycles. The highest BCUT2D eigenvalue weighted by atomic mass is 19.3. The Hall–Kier alpha value is -1.53. The van der Waals surface area contributed by atoms with Crippen LogP contribution in [0.15, 0.2) is 24.3 Å². The lowest BCUT2D eigenvalue weighted by Crippen LogP contribution is -2.52. The van der Waals surface area contributed by atoms with Crippen LogP contribution in [-0.2, 0) is 11.3 Å². The summed E-state index contributed by atoms with van der Waals surface area (Å²) in [6.07, 6.45) is 4.80. The Bertz CT molecular complexity index is 686. The number of benzene rings is 1. The zero-order valence-electron chi connectivity index (χ0n) is 13.0. The van der Waals surface area contributed by atoms with E-state index in [9.17, 15) is 8.78 Å². The Labute approximate surface area is 134 Å². The molecule has 1 aromatic heterocycles. The molecule has 1 aromatic carbocycles. The maximum atomic E-state index is 13.6. The highest BCUT2D eigenvalue weighted by molar-refractivity contribution is 5.75. The molecule has 0 unspecified atom stereocenters. The van der Waals surface area contributed by atoms with E-state index in [1.54, 1.807) is 18.2 Å². The van der Waals surface area contributed by atoms with E-state index in [0.29, 0.717) is 36.1 Å². The Balaban J connectivity index is 1.65. The van der Waals surface area contributed by atoms with Gasteiger partial charge in [-0.1, -0.05) is 25.0 Å². The zero-order chi connectivity index (χ0) is 15.8. The van der Waals surface area contributed by atoms with Crippen LogP contribution < -0.4 is 0 Å². The maximum absolute atomic E-state index is 13.6. The number of nitrogens with zero attached hydrogens (tertiary/aromatic N) is 3. The lowest BCUT2D eigenvalue weighted by atomic mass is 9.90. The molecular formula is C17H21F2N3O. The summed E-state index contributed by atoms with van der Waals surface area (Å²) >= 11 is 0. The molecule has 0 amide bonds. The summed E-state index contributed by atoms with van der Waals surface area (Å²) in [5, 5.41) is 0. The van der Waals surface area contributed by atoms with E-state index >= 15 is 0 Å². The second-order valence-electron chi connectivity index (χ2n) is 6.40. The van der Waals surface area contributed by atoms with Gasteiger partial charge in [0.15, 0.2) is 0 Å². The second kappa shape index (κ2) is 6.17. The molecule has 2 aliphatic rings. The normalized spacial score (nSPS) is 25.9. The lowest BCUT2D eigenvalue weighted by Gasteiger charge is -2.43. The van der Waals surface area contributed by atoms with Gasteiger partial charge in [-0.3, -0.25) is 9.47 Å². The number of alkyl halides is 2. The van der Waals surface area contributed by atoms with E-state index < -0.39 is 6.55 Å². The van der Waals surface area contributed by atoms with Crippen molar-refractivity contribution >= 4 is 11.0 Å². The van der Waals surface area contributed by atoms with Crippen LogP contribution in [0.25, 0.3) is 11.0 Å². The molecule has 2 heterocycles. The van der Waals surface area contributed by atoms with E-state index in [0.717, 1.165) is 24.0 Å². The molecule has 6 heteroatoms. The van der Waals surface area contributed by atoms with Crippen LogP contribution in [0.2, 0.25) is 0 Å². The average molecular weight is 321 g/mol. The molecule has 2 aromatic rings. The third kappa shape index (κ3) is 2.74. The third-order valence-electron chi connectivity index (χ3n) is 5.06. The van der Waals surface area contributed by atoms with Crippen LogP contribution in [-0.4, -0.2) is 39.7 Å². The fraction of sp³-hybridized carbons (Fsp3) is 0.588. The van der Waals surface area contributed by atoms with Crippen molar-refractivity contribution in [2.45, 2.75) is 50.9 Å². The molecule has 1 saturated heterocycles. The minimum Gasteiger partial charge on any atom is -0.375 e. The molecule has 1 aliphatic heterocycles. The Morgan fingerprint density at radius 1 is 1.22 bits per heavy atom. The summed E-state index contributed by atoms with van der Waals surface area (Å²) in [5.41, 5.74) is 1.14. The maximum Gasteiger partial charge on any atom is 0.320 e. The van der Waals surface area contributed by atoms with Crippen LogP contribution in [0.5, 0.6) is 0 Å². The summed E-state index contributed by atoms with van der Waals surface area (Å²) < 4.78 is 34.1. The van der Waals surface area contributed by atoms with Gasteiger partial charge in [-0.15, -0.1) is 0 Å². The van der Waals surface area contributed by atoms with Gasteiger partial charge in [0.05, 0.1) is 30.3 Å². The zero-order valence-corrected chi connectivity index (χ0v) is 13.0. The molecule has 4 nitrogen and oxygen atoms in total. The summed E-state index contributed by atoms with van der Waals surface area (Å²) in [5.74, 6) is 0.451. The van der Waals surface area contributed by atoms with Gasteiger partial charge >= 0.3 is 6.55 Å². The fourth-order valence-electron chi connectivity index (χ4n) is 3.98. The van der Waals surface area contributed by atoms with Crippen LogP contribution in [0.4, 0.5) is 8.78 Å². The minimum atomic E-state index is -2.57. The van der Waals surface area contributed by atoms with Gasteiger partial charge < -0.3 is 4.74 Å². The molecule has 23 heavy (non-hydrogen) atoms. The van der Waals surface area contributed by atoms with Crippen molar-refractivity contribution in [1.82, 2.24) is 14.5 Å². The van der Waals surface area contributed by atoms with Crippen molar-refractivity contribution in [3.8, 4) is 0 Å². The van der Waals surface area contributed by atoms with Gasteiger partial charge in [0.2, 0.25) is 0 Å². The average Bonchev–Trinajstić information content (AvgIpc) is 2.93. The Morgan fingerprint density at radius 2 is 2.04 bits per heavy atom. The van der Waals surface area contributed by atoms with Crippen LogP contribution >= 0.6 is 0 Å². The SMILES string of the molecule is FC(F)n1c(CN2CCO[C@@H]3CCCC[C@@H]32)nc2ccccc21. The molecule has 1 aliphatic carbocycles. The number of hydrogen-bond donors (Lipinski definition) is 0. The van der Waals surface area contributed by atoms with Crippen LogP contribution in [0.3, 0.4) is 0 Å². The highest BCUT2D eigenvalue weighted by Gasteiger charge is 2.35. The smallest absolute Gasteiger partial charge is 0.320 e. The van der Waals surface area contributed by atoms with Crippen LogP contribution in [0.1, 0.15) is 38.1 Å². The number of halogens is 2. The summed E-state index contributed by atoms with van der Waals surface area (Å²) in [6, 6.07) is 7.45. The van der Waals surface area contributed by atoms with E-state index in [-0.39, 0.29) is 6.10 Å². The molecule has 0 bridgehead atoms. The quantitative estimate of drug-likeness (QED) is 0.866. The summed E-state index contributed by atoms with van der Waals surface area (Å²) in [4.78, 5) is 6.75. The van der Waals surface area contributed by atoms with Crippen molar-refractivity contribution in [2.75, 3.05) is 13.2 Å². The molecular weight excluding hydrogens is 300 g/mol. The highest BCUT2D eigenvalue weighted by Crippen LogP contribution is 2.31. The number of ether oxygens (including phenoxy) is 1. The van der Waals surface area contributed by atoms with E-state index in [1.807, 2.05) is 6.07 Å². The lowest BCUT2D eigenvalue weighted by molar-refractivity contribution is -0.0926. The van der Waals surface area contributed by atoms with Crippen molar-refractivity contribution in [3.05, 3.63) is 30.1 Å². The fourth-order valence-corrected chi connectivity index (χ4v) is 3.98. The molecule has 124 valence electrons. The van der Waals surface area contributed by atoms with Crippen molar-refractivity contribution in [1.29, 1.82) is 0 Å². The van der Waals surface area contributed by atoms with E-state index in [2.05, 4.69) is 9.88 Å². The van der Waals surface area contributed by atoms with Crippen molar-refractivity contribution in [2.24, 2.45) is 0 Å². The summed E-state index contributed by atoms with van der Waals surface area (Å²) in [7, 11) is 0. The molecule has 2 atom stereocenters. The largest absolute Gasteiger partial charge is 0.375 e. The van der Waals surface area contributed by atoms with E-state index in [1.165, 1.54) is 12.8 Å². The summed E-state index contributed by atoms with van der Waals surface area (Å²) in [6.45, 7) is -0.645. The van der Waals surface area contributed by atoms with Crippen LogP contribution in [0, 0.1) is 0 Å². The van der Waals surface area contributed by atoms with Crippen molar-refractivity contribution < 1.29 is 13.5 Å². The molecule has 2 fully saturated rings. The van der Waals surface area contributed by atoms with E-state index in [4.69, 9.17) is 4.74 Å². The molecule has 0 radical (unpaired) electrons. The monoisotopic (exact) mass is 321 g/mol. The minimum absolute atomic E-state index is 0.252. The molecule has 4 rings (SSSR count). The number of morpholine rings is 1. The van der Waals surface area contributed by atoms with Gasteiger partial charge in [0.1, 0.15) is 5.82 Å². The molecule has 0 spiro atoms. The first kappa shape index (κ1) is 15.0. The third-order valence-corrected chi connectivity index (χ3v) is 5.06. The second-order valence-corrected chi connectivity index (χ2v) is 6.40. The predicted octanol–water partition coefficient (Wildman–Crippen LogP) is 3.57. The number of aromatic nitrogens is 2. The van der Waals surface area contributed by atoms with Gasteiger partial charge in [-0.2, -0.15) is 8.78 Å². The topological polar surface area (TPSA) is 30.3 Å². The number of rotatable bonds is 3. The van der Waals surface area contributed by atoms with Gasteiger partial charge in [0, 0.05) is 12.6 Å². The first-order valence-electron chi connectivity index (χ1n) is 8.33. The number of para-hydroxylation sites is 2. The molecule has 0 N–H and O–H groups in total. The number of imidazole rings is 1. The standard InChI is InChI=1S/C17H21F2N3O/c18-17(19)22-13-6-2-1-5-12(13)20-16(22)11-21-9-10-23-15-8-4-3-7-14(15)21/h1-2,5-6,14-15,17H,3-4,7-11H2/t14-,15+/m0/s1. The Morgan fingerprint density at radius 3 is 2.91 bits per heavy atom. The Kier molecular flexibility index (Phi) is 4.03.